The van der Waals surface area contributed by atoms with E-state index in [1.165, 1.54) is 10.5 Å². The molecule has 1 aromatic rings. The predicted octanol–water partition coefficient (Wildman–Crippen LogP) is 2.53. The summed E-state index contributed by atoms with van der Waals surface area (Å²) >= 11 is 0. The molecule has 0 aliphatic carbocycles. The summed E-state index contributed by atoms with van der Waals surface area (Å²) in [5.41, 5.74) is 1.19. The first-order valence-corrected chi connectivity index (χ1v) is 9.28. The quantitative estimate of drug-likeness (QED) is 0.720. The van der Waals surface area contributed by atoms with Crippen molar-refractivity contribution < 1.29 is 22.7 Å². The SMILES string of the molecule is CC(C)c1ccc(OCCC(=O)NCC(N2CCNCC2)C(F)(F)F)cc1. The average molecular weight is 387 g/mol. The van der Waals surface area contributed by atoms with Gasteiger partial charge in [-0.3, -0.25) is 9.69 Å². The molecule has 1 amide bonds. The highest BCUT2D eigenvalue weighted by atomic mass is 19.4. The molecule has 1 fully saturated rings. The smallest absolute Gasteiger partial charge is 0.405 e. The van der Waals surface area contributed by atoms with Crippen molar-refractivity contribution in [1.29, 1.82) is 0 Å². The average Bonchev–Trinajstić information content (AvgIpc) is 2.62. The van der Waals surface area contributed by atoms with E-state index in [4.69, 9.17) is 4.74 Å². The van der Waals surface area contributed by atoms with Gasteiger partial charge in [-0.2, -0.15) is 13.2 Å². The van der Waals surface area contributed by atoms with Crippen LogP contribution in [0.15, 0.2) is 24.3 Å². The zero-order valence-corrected chi connectivity index (χ0v) is 15.8. The summed E-state index contributed by atoms with van der Waals surface area (Å²) in [6, 6.07) is 5.92. The van der Waals surface area contributed by atoms with Gasteiger partial charge in [0.1, 0.15) is 11.8 Å². The molecule has 2 rings (SSSR count). The summed E-state index contributed by atoms with van der Waals surface area (Å²) in [7, 11) is 0. The molecule has 1 unspecified atom stereocenters. The van der Waals surface area contributed by atoms with E-state index < -0.39 is 24.7 Å². The number of hydrogen-bond donors (Lipinski definition) is 2. The molecule has 1 aliphatic rings. The van der Waals surface area contributed by atoms with Gasteiger partial charge in [0.05, 0.1) is 13.0 Å². The summed E-state index contributed by atoms with van der Waals surface area (Å²) in [4.78, 5) is 13.3. The van der Waals surface area contributed by atoms with E-state index in [1.54, 1.807) is 0 Å². The molecule has 1 atom stereocenters. The number of ether oxygens (including phenoxy) is 1. The second-order valence-electron chi connectivity index (χ2n) is 6.97. The Morgan fingerprint density at radius 3 is 2.41 bits per heavy atom. The fourth-order valence-electron chi connectivity index (χ4n) is 2.96. The van der Waals surface area contributed by atoms with E-state index >= 15 is 0 Å². The number of amides is 1. The Labute approximate surface area is 158 Å². The van der Waals surface area contributed by atoms with Gasteiger partial charge in [-0.15, -0.1) is 0 Å². The molecule has 1 aromatic carbocycles. The van der Waals surface area contributed by atoms with Gasteiger partial charge < -0.3 is 15.4 Å². The van der Waals surface area contributed by atoms with Crippen molar-refractivity contribution in [2.24, 2.45) is 0 Å². The van der Waals surface area contributed by atoms with Crippen LogP contribution in [0.2, 0.25) is 0 Å². The molecule has 27 heavy (non-hydrogen) atoms. The summed E-state index contributed by atoms with van der Waals surface area (Å²) in [6.07, 6.45) is -4.36. The van der Waals surface area contributed by atoms with Gasteiger partial charge in [0, 0.05) is 32.7 Å². The van der Waals surface area contributed by atoms with Crippen LogP contribution in [0.4, 0.5) is 13.2 Å². The van der Waals surface area contributed by atoms with Crippen LogP contribution in [-0.4, -0.2) is 62.4 Å². The predicted molar refractivity (Wildman–Crippen MR) is 97.9 cm³/mol. The molecule has 8 heteroatoms. The van der Waals surface area contributed by atoms with Crippen molar-refractivity contribution in [3.05, 3.63) is 29.8 Å². The number of benzene rings is 1. The second kappa shape index (κ2) is 9.94. The molecule has 1 aliphatic heterocycles. The van der Waals surface area contributed by atoms with Gasteiger partial charge in [0.15, 0.2) is 0 Å². The molecule has 5 nitrogen and oxygen atoms in total. The van der Waals surface area contributed by atoms with Gasteiger partial charge in [-0.25, -0.2) is 0 Å². The normalized spacial score (nSPS) is 17.0. The van der Waals surface area contributed by atoms with E-state index in [-0.39, 0.29) is 13.0 Å². The van der Waals surface area contributed by atoms with Crippen molar-refractivity contribution in [1.82, 2.24) is 15.5 Å². The Morgan fingerprint density at radius 1 is 1.22 bits per heavy atom. The molecule has 0 saturated carbocycles. The number of carbonyl (C=O) groups is 1. The molecular weight excluding hydrogens is 359 g/mol. The van der Waals surface area contributed by atoms with Crippen molar-refractivity contribution in [3.8, 4) is 5.75 Å². The Balaban J connectivity index is 1.75. The van der Waals surface area contributed by atoms with Crippen molar-refractivity contribution >= 4 is 5.91 Å². The Hall–Kier alpha value is -1.80. The van der Waals surface area contributed by atoms with E-state index in [0.29, 0.717) is 37.8 Å². The van der Waals surface area contributed by atoms with Crippen LogP contribution in [0, 0.1) is 0 Å². The summed E-state index contributed by atoms with van der Waals surface area (Å²) in [6.45, 7) is 5.53. The lowest BCUT2D eigenvalue weighted by Crippen LogP contribution is -2.57. The first-order valence-electron chi connectivity index (χ1n) is 9.28. The van der Waals surface area contributed by atoms with E-state index in [2.05, 4.69) is 24.5 Å². The molecule has 1 saturated heterocycles. The molecule has 1 heterocycles. The van der Waals surface area contributed by atoms with Gasteiger partial charge in [-0.1, -0.05) is 26.0 Å². The molecule has 152 valence electrons. The fraction of sp³-hybridized carbons (Fsp3) is 0.632. The number of alkyl halides is 3. The lowest BCUT2D eigenvalue weighted by atomic mass is 10.0. The maximum Gasteiger partial charge on any atom is 0.405 e. The Morgan fingerprint density at radius 2 is 1.85 bits per heavy atom. The molecule has 0 aromatic heterocycles. The highest BCUT2D eigenvalue weighted by Crippen LogP contribution is 2.24. The van der Waals surface area contributed by atoms with Gasteiger partial charge >= 0.3 is 6.18 Å². The Bertz CT molecular complexity index is 585. The van der Waals surface area contributed by atoms with E-state index in [0.717, 1.165) is 0 Å². The van der Waals surface area contributed by atoms with Gasteiger partial charge in [0.2, 0.25) is 5.91 Å². The number of nitrogens with zero attached hydrogens (tertiary/aromatic N) is 1. The zero-order chi connectivity index (χ0) is 19.9. The maximum atomic E-state index is 13.3. The number of rotatable bonds is 8. The van der Waals surface area contributed by atoms with Gasteiger partial charge in [0.25, 0.3) is 0 Å². The largest absolute Gasteiger partial charge is 0.493 e. The third kappa shape index (κ3) is 7.03. The van der Waals surface area contributed by atoms with Gasteiger partial charge in [-0.05, 0) is 23.6 Å². The minimum atomic E-state index is -4.38. The first kappa shape index (κ1) is 21.5. The molecule has 2 N–H and O–H groups in total. The van der Waals surface area contributed by atoms with Crippen molar-refractivity contribution in [2.75, 3.05) is 39.3 Å². The number of piperazine rings is 1. The highest BCUT2D eigenvalue weighted by Gasteiger charge is 2.43. The van der Waals surface area contributed by atoms with Crippen LogP contribution in [0.3, 0.4) is 0 Å². The third-order valence-electron chi connectivity index (χ3n) is 4.61. The second-order valence-corrected chi connectivity index (χ2v) is 6.97. The minimum absolute atomic E-state index is 0.0120. The molecule has 0 spiro atoms. The standard InChI is InChI=1S/C19H28F3N3O2/c1-14(2)15-3-5-16(6-4-15)27-12-7-18(26)24-13-17(19(20,21)22)25-10-8-23-9-11-25/h3-6,14,17,23H,7-13H2,1-2H3,(H,24,26). The van der Waals surface area contributed by atoms with Crippen molar-refractivity contribution in [2.45, 2.75) is 38.4 Å². The number of hydrogen-bond acceptors (Lipinski definition) is 4. The minimum Gasteiger partial charge on any atom is -0.493 e. The van der Waals surface area contributed by atoms with Crippen LogP contribution in [0.1, 0.15) is 31.7 Å². The summed E-state index contributed by atoms with van der Waals surface area (Å²) < 4.78 is 45.3. The fourth-order valence-corrected chi connectivity index (χ4v) is 2.96. The maximum absolute atomic E-state index is 13.3. The summed E-state index contributed by atoms with van der Waals surface area (Å²) in [5.74, 6) is 0.612. The topological polar surface area (TPSA) is 53.6 Å². The van der Waals surface area contributed by atoms with E-state index in [9.17, 15) is 18.0 Å². The molecule has 0 bridgehead atoms. The molecule has 0 radical (unpaired) electrons. The number of carbonyl (C=O) groups excluding carboxylic acids is 1. The number of nitrogens with one attached hydrogen (secondary N) is 2. The van der Waals surface area contributed by atoms with Crippen LogP contribution in [-0.2, 0) is 4.79 Å². The lowest BCUT2D eigenvalue weighted by molar-refractivity contribution is -0.184. The highest BCUT2D eigenvalue weighted by molar-refractivity contribution is 5.76. The number of halogens is 3. The Kier molecular flexibility index (Phi) is 7.91. The first-order chi connectivity index (χ1) is 12.8. The monoisotopic (exact) mass is 387 g/mol. The third-order valence-corrected chi connectivity index (χ3v) is 4.61. The summed E-state index contributed by atoms with van der Waals surface area (Å²) in [5, 5.41) is 5.42. The van der Waals surface area contributed by atoms with Crippen LogP contribution >= 0.6 is 0 Å². The van der Waals surface area contributed by atoms with Crippen LogP contribution in [0.25, 0.3) is 0 Å². The lowest BCUT2D eigenvalue weighted by Gasteiger charge is -2.35. The van der Waals surface area contributed by atoms with Crippen molar-refractivity contribution in [3.63, 3.8) is 0 Å². The van der Waals surface area contributed by atoms with Crippen LogP contribution in [0.5, 0.6) is 5.75 Å². The zero-order valence-electron chi connectivity index (χ0n) is 15.8. The molecular formula is C19H28F3N3O2. The van der Waals surface area contributed by atoms with E-state index in [1.807, 2.05) is 24.3 Å². The van der Waals surface area contributed by atoms with Crippen LogP contribution < -0.4 is 15.4 Å².